The molecule has 19 heavy (non-hydrogen) atoms. The van der Waals surface area contributed by atoms with E-state index in [4.69, 9.17) is 0 Å². The predicted octanol–water partition coefficient (Wildman–Crippen LogP) is 3.42. The molecule has 1 aromatic rings. The van der Waals surface area contributed by atoms with Crippen molar-refractivity contribution in [1.29, 1.82) is 0 Å². The monoisotopic (exact) mass is 279 g/mol. The number of rotatable bonds is 3. The normalized spacial score (nSPS) is 21.5. The second-order valence-corrected chi connectivity index (χ2v) is 5.30. The molecule has 2 rings (SSSR count). The lowest BCUT2D eigenvalue weighted by atomic mass is 9.83. The molecular formula is C16H22ClNO. The van der Waals surface area contributed by atoms with Crippen LogP contribution in [0, 0.1) is 5.92 Å². The van der Waals surface area contributed by atoms with Crippen LogP contribution in [0.25, 0.3) is 6.08 Å². The molecule has 0 heterocycles. The minimum absolute atomic E-state index is 0. The average Bonchev–Trinajstić information content (AvgIpc) is 2.35. The number of carbonyl (C=O) groups excluding carboxylic acids is 1. The highest BCUT2D eigenvalue weighted by Gasteiger charge is 2.26. The first kappa shape index (κ1) is 15.9. The van der Waals surface area contributed by atoms with E-state index >= 15 is 0 Å². The number of halogens is 1. The van der Waals surface area contributed by atoms with Gasteiger partial charge in [-0.15, -0.1) is 12.4 Å². The maximum Gasteiger partial charge on any atom is 0.163 e. The first-order valence-electron chi connectivity index (χ1n) is 6.61. The van der Waals surface area contributed by atoms with Crippen molar-refractivity contribution in [3.63, 3.8) is 0 Å². The van der Waals surface area contributed by atoms with Gasteiger partial charge < -0.3 is 4.90 Å². The van der Waals surface area contributed by atoms with Crippen molar-refractivity contribution in [3.05, 3.63) is 41.5 Å². The summed E-state index contributed by atoms with van der Waals surface area (Å²) in [4.78, 5) is 14.5. The van der Waals surface area contributed by atoms with Crippen molar-refractivity contribution in [2.75, 3.05) is 20.6 Å². The summed E-state index contributed by atoms with van der Waals surface area (Å²) in [6.07, 6.45) is 5.15. The van der Waals surface area contributed by atoms with Crippen LogP contribution in [0.1, 0.15) is 24.8 Å². The predicted molar refractivity (Wildman–Crippen MR) is 82.6 cm³/mol. The van der Waals surface area contributed by atoms with Gasteiger partial charge in [-0.25, -0.2) is 0 Å². The minimum Gasteiger partial charge on any atom is -0.309 e. The number of nitrogens with zero attached hydrogens (tertiary/aromatic N) is 1. The van der Waals surface area contributed by atoms with Gasteiger partial charge in [0, 0.05) is 12.5 Å². The summed E-state index contributed by atoms with van der Waals surface area (Å²) in [6, 6.07) is 10.1. The topological polar surface area (TPSA) is 20.3 Å². The average molecular weight is 280 g/mol. The lowest BCUT2D eigenvalue weighted by Gasteiger charge is -2.25. The van der Waals surface area contributed by atoms with E-state index in [0.717, 1.165) is 36.9 Å². The lowest BCUT2D eigenvalue weighted by molar-refractivity contribution is -0.120. The molecule has 0 N–H and O–H groups in total. The zero-order valence-corrected chi connectivity index (χ0v) is 12.5. The third kappa shape index (κ3) is 4.48. The SMILES string of the molecule is CN(C)CC1CCC/C(=C\c2ccccc2)C1=O.Cl. The highest BCUT2D eigenvalue weighted by molar-refractivity contribution is 6.01. The zero-order valence-electron chi connectivity index (χ0n) is 11.6. The number of Topliss-reactive ketones (excluding diaryl/α,β-unsaturated/α-hetero) is 1. The third-order valence-electron chi connectivity index (χ3n) is 3.41. The number of carbonyl (C=O) groups is 1. The van der Waals surface area contributed by atoms with Crippen molar-refractivity contribution >= 4 is 24.3 Å². The van der Waals surface area contributed by atoms with Crippen LogP contribution >= 0.6 is 12.4 Å². The summed E-state index contributed by atoms with van der Waals surface area (Å²) in [5, 5.41) is 0. The number of hydrogen-bond acceptors (Lipinski definition) is 2. The molecule has 0 aliphatic heterocycles. The fourth-order valence-corrected chi connectivity index (χ4v) is 2.56. The molecule has 104 valence electrons. The number of allylic oxidation sites excluding steroid dienone is 1. The van der Waals surface area contributed by atoms with Crippen LogP contribution in [0.2, 0.25) is 0 Å². The molecule has 0 radical (unpaired) electrons. The fraction of sp³-hybridized carbons (Fsp3) is 0.438. The summed E-state index contributed by atoms with van der Waals surface area (Å²) in [5.41, 5.74) is 2.13. The van der Waals surface area contributed by atoms with Crippen molar-refractivity contribution in [2.45, 2.75) is 19.3 Å². The highest BCUT2D eigenvalue weighted by Crippen LogP contribution is 2.27. The Morgan fingerprint density at radius 3 is 2.58 bits per heavy atom. The molecule has 1 aliphatic carbocycles. The van der Waals surface area contributed by atoms with Crippen LogP contribution in [0.4, 0.5) is 0 Å². The minimum atomic E-state index is 0. The molecule has 1 aromatic carbocycles. The lowest BCUT2D eigenvalue weighted by Crippen LogP contribution is -2.31. The molecule has 2 nitrogen and oxygen atoms in total. The van der Waals surface area contributed by atoms with Crippen molar-refractivity contribution in [3.8, 4) is 0 Å². The number of hydrogen-bond donors (Lipinski definition) is 0. The van der Waals surface area contributed by atoms with E-state index in [1.54, 1.807) is 0 Å². The molecule has 0 amide bonds. The molecule has 0 aromatic heterocycles. The summed E-state index contributed by atoms with van der Waals surface area (Å²) < 4.78 is 0. The summed E-state index contributed by atoms with van der Waals surface area (Å²) >= 11 is 0. The maximum atomic E-state index is 12.4. The molecule has 3 heteroatoms. The van der Waals surface area contributed by atoms with Crippen LogP contribution < -0.4 is 0 Å². The first-order valence-corrected chi connectivity index (χ1v) is 6.61. The molecule has 0 saturated heterocycles. The maximum absolute atomic E-state index is 12.4. The van der Waals surface area contributed by atoms with E-state index in [0.29, 0.717) is 5.78 Å². The zero-order chi connectivity index (χ0) is 13.0. The molecular weight excluding hydrogens is 258 g/mol. The van der Waals surface area contributed by atoms with E-state index in [2.05, 4.69) is 23.1 Å². The second kappa shape index (κ2) is 7.46. The van der Waals surface area contributed by atoms with Crippen molar-refractivity contribution < 1.29 is 4.79 Å². The molecule has 1 aliphatic rings. The molecule has 1 saturated carbocycles. The van der Waals surface area contributed by atoms with Gasteiger partial charge in [0.1, 0.15) is 0 Å². The van der Waals surface area contributed by atoms with Gasteiger partial charge in [-0.3, -0.25) is 4.79 Å². The second-order valence-electron chi connectivity index (χ2n) is 5.30. The Kier molecular flexibility index (Phi) is 6.26. The standard InChI is InChI=1S/C16H21NO.ClH/c1-17(2)12-15-10-6-9-14(16(15)18)11-13-7-4-3-5-8-13;/h3-5,7-8,11,15H,6,9-10,12H2,1-2H3;1H/b14-11+;. The summed E-state index contributed by atoms with van der Waals surface area (Å²) in [5.74, 6) is 0.530. The van der Waals surface area contributed by atoms with Gasteiger partial charge in [-0.05, 0) is 50.6 Å². The van der Waals surface area contributed by atoms with Gasteiger partial charge >= 0.3 is 0 Å². The quantitative estimate of drug-likeness (QED) is 0.790. The number of ketones is 1. The van der Waals surface area contributed by atoms with E-state index in [-0.39, 0.29) is 18.3 Å². The molecule has 1 atom stereocenters. The summed E-state index contributed by atoms with van der Waals surface area (Å²) in [6.45, 7) is 0.866. The Balaban J connectivity index is 0.00000180. The Morgan fingerprint density at radius 1 is 1.26 bits per heavy atom. The van der Waals surface area contributed by atoms with E-state index < -0.39 is 0 Å². The largest absolute Gasteiger partial charge is 0.309 e. The first-order chi connectivity index (χ1) is 8.66. The Hall–Kier alpha value is -1.12. The van der Waals surface area contributed by atoms with Gasteiger partial charge in [0.05, 0.1) is 0 Å². The van der Waals surface area contributed by atoms with Crippen LogP contribution in [-0.2, 0) is 4.79 Å². The molecule has 1 fully saturated rings. The number of benzene rings is 1. The van der Waals surface area contributed by atoms with Crippen LogP contribution in [0.5, 0.6) is 0 Å². The van der Waals surface area contributed by atoms with Crippen molar-refractivity contribution in [1.82, 2.24) is 4.90 Å². The van der Waals surface area contributed by atoms with Gasteiger partial charge in [0.2, 0.25) is 0 Å². The van der Waals surface area contributed by atoms with Gasteiger partial charge in [0.25, 0.3) is 0 Å². The van der Waals surface area contributed by atoms with E-state index in [1.165, 1.54) is 0 Å². The van der Waals surface area contributed by atoms with Crippen molar-refractivity contribution in [2.24, 2.45) is 5.92 Å². The Labute approximate surface area is 121 Å². The summed E-state index contributed by atoms with van der Waals surface area (Å²) in [7, 11) is 4.06. The third-order valence-corrected chi connectivity index (χ3v) is 3.41. The van der Waals surface area contributed by atoms with E-state index in [9.17, 15) is 4.79 Å². The Morgan fingerprint density at radius 2 is 1.95 bits per heavy atom. The molecule has 0 spiro atoms. The van der Waals surface area contributed by atoms with Gasteiger partial charge in [0.15, 0.2) is 5.78 Å². The van der Waals surface area contributed by atoms with E-state index in [1.807, 2.05) is 32.3 Å². The van der Waals surface area contributed by atoms with Gasteiger partial charge in [-0.2, -0.15) is 0 Å². The van der Waals surface area contributed by atoms with Crippen LogP contribution in [-0.4, -0.2) is 31.3 Å². The Bertz CT molecular complexity index is 439. The van der Waals surface area contributed by atoms with Gasteiger partial charge in [-0.1, -0.05) is 30.3 Å². The smallest absolute Gasteiger partial charge is 0.163 e. The van der Waals surface area contributed by atoms with Crippen LogP contribution in [0.15, 0.2) is 35.9 Å². The fourth-order valence-electron chi connectivity index (χ4n) is 2.56. The molecule has 0 bridgehead atoms. The highest BCUT2D eigenvalue weighted by atomic mass is 35.5. The molecule has 1 unspecified atom stereocenters. The van der Waals surface area contributed by atoms with Crippen LogP contribution in [0.3, 0.4) is 0 Å².